The molecule has 1 unspecified atom stereocenters. The number of nitrogens with zero attached hydrogens (tertiary/aromatic N) is 1. The van der Waals surface area contributed by atoms with Crippen LogP contribution in [-0.2, 0) is 4.74 Å². The maximum absolute atomic E-state index is 5.93. The summed E-state index contributed by atoms with van der Waals surface area (Å²) in [4.78, 5) is 4.32. The molecule has 4 nitrogen and oxygen atoms in total. The molecule has 0 bridgehead atoms. The third kappa shape index (κ3) is 2.11. The first-order valence-corrected chi connectivity index (χ1v) is 6.33. The van der Waals surface area contributed by atoms with Crippen LogP contribution in [-0.4, -0.2) is 24.2 Å². The first-order valence-electron chi connectivity index (χ1n) is 6.33. The van der Waals surface area contributed by atoms with Crippen LogP contribution >= 0.6 is 0 Å². The molecule has 2 aromatic rings. The Hall–Kier alpha value is -1.81. The lowest BCUT2D eigenvalue weighted by atomic mass is 10.1. The second-order valence-corrected chi connectivity index (χ2v) is 4.62. The van der Waals surface area contributed by atoms with Crippen LogP contribution in [0.5, 0.6) is 0 Å². The largest absolute Gasteiger partial charge is 0.397 e. The predicted octanol–water partition coefficient (Wildman–Crippen LogP) is 2.41. The molecule has 94 valence electrons. The topological polar surface area (TPSA) is 60.2 Å². The quantitative estimate of drug-likeness (QED) is 0.813. The number of anilines is 2. The molecule has 3 rings (SSSR count). The maximum Gasteiger partial charge on any atom is 0.0951 e. The van der Waals surface area contributed by atoms with Gasteiger partial charge in [-0.15, -0.1) is 0 Å². The fourth-order valence-electron chi connectivity index (χ4n) is 2.38. The highest BCUT2D eigenvalue weighted by atomic mass is 16.5. The molecular formula is C14H17N3O. The summed E-state index contributed by atoms with van der Waals surface area (Å²) >= 11 is 0. The van der Waals surface area contributed by atoms with E-state index >= 15 is 0 Å². The minimum Gasteiger partial charge on any atom is -0.397 e. The van der Waals surface area contributed by atoms with Crippen LogP contribution in [0.25, 0.3) is 10.9 Å². The molecule has 4 heteroatoms. The summed E-state index contributed by atoms with van der Waals surface area (Å²) in [5, 5.41) is 4.50. The summed E-state index contributed by atoms with van der Waals surface area (Å²) in [7, 11) is 0. The number of rotatable bonds is 3. The van der Waals surface area contributed by atoms with Gasteiger partial charge in [-0.05, 0) is 37.1 Å². The Bertz CT molecular complexity index is 550. The van der Waals surface area contributed by atoms with E-state index in [-0.39, 0.29) is 0 Å². The summed E-state index contributed by atoms with van der Waals surface area (Å²) in [5.41, 5.74) is 8.57. The third-order valence-electron chi connectivity index (χ3n) is 3.35. The minimum absolute atomic E-state index is 0.328. The van der Waals surface area contributed by atoms with Crippen LogP contribution in [0.2, 0.25) is 0 Å². The van der Waals surface area contributed by atoms with Gasteiger partial charge in [-0.2, -0.15) is 0 Å². The van der Waals surface area contributed by atoms with E-state index < -0.39 is 0 Å². The molecule has 1 atom stereocenters. The Morgan fingerprint density at radius 2 is 2.33 bits per heavy atom. The molecule has 2 heterocycles. The molecule has 1 aromatic heterocycles. The number of hydrogen-bond acceptors (Lipinski definition) is 4. The van der Waals surface area contributed by atoms with Gasteiger partial charge in [0.2, 0.25) is 0 Å². The molecule has 1 saturated heterocycles. The lowest BCUT2D eigenvalue weighted by molar-refractivity contribution is 0.120. The van der Waals surface area contributed by atoms with E-state index in [9.17, 15) is 0 Å². The monoisotopic (exact) mass is 243 g/mol. The van der Waals surface area contributed by atoms with Gasteiger partial charge < -0.3 is 15.8 Å². The normalized spacial score (nSPS) is 19.2. The highest BCUT2D eigenvalue weighted by Gasteiger charge is 2.15. The smallest absolute Gasteiger partial charge is 0.0951 e. The summed E-state index contributed by atoms with van der Waals surface area (Å²) in [6.45, 7) is 1.73. The van der Waals surface area contributed by atoms with Gasteiger partial charge in [0.05, 0.1) is 17.3 Å². The molecule has 0 spiro atoms. The van der Waals surface area contributed by atoms with Gasteiger partial charge in [0, 0.05) is 30.4 Å². The number of benzene rings is 1. The average Bonchev–Trinajstić information content (AvgIpc) is 2.92. The van der Waals surface area contributed by atoms with Gasteiger partial charge in [-0.1, -0.05) is 0 Å². The van der Waals surface area contributed by atoms with Crippen molar-refractivity contribution >= 4 is 22.3 Å². The Morgan fingerprint density at radius 3 is 3.17 bits per heavy atom. The van der Waals surface area contributed by atoms with E-state index in [1.54, 1.807) is 6.20 Å². The number of aromatic nitrogens is 1. The fourth-order valence-corrected chi connectivity index (χ4v) is 2.38. The lowest BCUT2D eigenvalue weighted by Gasteiger charge is -2.14. The molecule has 1 aliphatic rings. The van der Waals surface area contributed by atoms with Crippen molar-refractivity contribution < 1.29 is 4.74 Å². The van der Waals surface area contributed by atoms with Gasteiger partial charge in [0.1, 0.15) is 0 Å². The van der Waals surface area contributed by atoms with Crippen LogP contribution in [0, 0.1) is 0 Å². The molecule has 0 aliphatic carbocycles. The lowest BCUT2D eigenvalue weighted by Crippen LogP contribution is -2.18. The van der Waals surface area contributed by atoms with E-state index in [1.165, 1.54) is 0 Å². The van der Waals surface area contributed by atoms with Crippen LogP contribution in [0.4, 0.5) is 11.4 Å². The summed E-state index contributed by atoms with van der Waals surface area (Å²) in [5.74, 6) is 0. The number of fused-ring (bicyclic) bond motifs is 1. The highest BCUT2D eigenvalue weighted by molar-refractivity contribution is 5.98. The van der Waals surface area contributed by atoms with Gasteiger partial charge in [0.15, 0.2) is 0 Å². The second kappa shape index (κ2) is 4.82. The van der Waals surface area contributed by atoms with Crippen LogP contribution in [0.15, 0.2) is 30.5 Å². The van der Waals surface area contributed by atoms with Crippen molar-refractivity contribution in [2.45, 2.75) is 18.9 Å². The Labute approximate surface area is 106 Å². The van der Waals surface area contributed by atoms with Crippen LogP contribution in [0.3, 0.4) is 0 Å². The van der Waals surface area contributed by atoms with E-state index in [2.05, 4.69) is 10.3 Å². The van der Waals surface area contributed by atoms with Crippen LogP contribution < -0.4 is 11.1 Å². The van der Waals surface area contributed by atoms with Crippen molar-refractivity contribution in [3.05, 3.63) is 30.5 Å². The van der Waals surface area contributed by atoms with Gasteiger partial charge >= 0.3 is 0 Å². The van der Waals surface area contributed by atoms with E-state index in [0.29, 0.717) is 11.8 Å². The van der Waals surface area contributed by atoms with Crippen molar-refractivity contribution in [1.82, 2.24) is 4.98 Å². The first-order chi connectivity index (χ1) is 8.84. The second-order valence-electron chi connectivity index (χ2n) is 4.62. The Balaban J connectivity index is 1.85. The zero-order valence-corrected chi connectivity index (χ0v) is 10.2. The highest BCUT2D eigenvalue weighted by Crippen LogP contribution is 2.26. The van der Waals surface area contributed by atoms with Crippen molar-refractivity contribution in [2.75, 3.05) is 24.2 Å². The molecule has 1 aromatic carbocycles. The molecule has 1 fully saturated rings. The molecule has 18 heavy (non-hydrogen) atoms. The number of hydrogen-bond donors (Lipinski definition) is 2. The zero-order chi connectivity index (χ0) is 12.4. The SMILES string of the molecule is Nc1ccc(NCC2CCCO2)c2cccnc12. The molecule has 3 N–H and O–H groups in total. The van der Waals surface area contributed by atoms with E-state index in [1.807, 2.05) is 24.3 Å². The van der Waals surface area contributed by atoms with Crippen LogP contribution in [0.1, 0.15) is 12.8 Å². The van der Waals surface area contributed by atoms with Gasteiger partial charge in [-0.3, -0.25) is 4.98 Å². The van der Waals surface area contributed by atoms with Crippen molar-refractivity contribution in [2.24, 2.45) is 0 Å². The molecule has 0 saturated carbocycles. The van der Waals surface area contributed by atoms with Gasteiger partial charge in [0.25, 0.3) is 0 Å². The number of nitrogens with two attached hydrogens (primary N) is 1. The van der Waals surface area contributed by atoms with Gasteiger partial charge in [-0.25, -0.2) is 0 Å². The third-order valence-corrected chi connectivity index (χ3v) is 3.35. The first kappa shape index (κ1) is 11.3. The predicted molar refractivity (Wildman–Crippen MR) is 73.6 cm³/mol. The maximum atomic E-state index is 5.93. The van der Waals surface area contributed by atoms with Crippen molar-refractivity contribution in [3.8, 4) is 0 Å². The molecular weight excluding hydrogens is 226 g/mol. The average molecular weight is 243 g/mol. The number of pyridine rings is 1. The van der Waals surface area contributed by atoms with E-state index in [4.69, 9.17) is 10.5 Å². The number of nitrogens with one attached hydrogen (secondary N) is 1. The molecule has 0 amide bonds. The summed E-state index contributed by atoms with van der Waals surface area (Å²) < 4.78 is 5.61. The number of nitrogen functional groups attached to an aromatic ring is 1. The molecule has 1 aliphatic heterocycles. The summed E-state index contributed by atoms with van der Waals surface area (Å²) in [6.07, 6.45) is 4.39. The fraction of sp³-hybridized carbons (Fsp3) is 0.357. The van der Waals surface area contributed by atoms with E-state index in [0.717, 1.165) is 42.6 Å². The Kier molecular flexibility index (Phi) is 3.02. The zero-order valence-electron chi connectivity index (χ0n) is 10.2. The molecule has 0 radical (unpaired) electrons. The standard InChI is InChI=1S/C14H17N3O/c15-12-5-6-13(11-4-1-7-16-14(11)12)17-9-10-3-2-8-18-10/h1,4-7,10,17H,2-3,8-9,15H2. The minimum atomic E-state index is 0.328. The number of ether oxygens (including phenoxy) is 1. The van der Waals surface area contributed by atoms with Crippen molar-refractivity contribution in [1.29, 1.82) is 0 Å². The summed E-state index contributed by atoms with van der Waals surface area (Å²) in [6, 6.07) is 7.87. The Morgan fingerprint density at radius 1 is 1.39 bits per heavy atom. The van der Waals surface area contributed by atoms with Crippen molar-refractivity contribution in [3.63, 3.8) is 0 Å².